The Balaban J connectivity index is 3.54. The van der Waals surface area contributed by atoms with E-state index in [4.69, 9.17) is 10.2 Å². The maximum Gasteiger partial charge on any atom is 0.335 e. The minimum absolute atomic E-state index is 0.516. The van der Waals surface area contributed by atoms with Crippen LogP contribution in [0.3, 0.4) is 0 Å². The highest BCUT2D eigenvalue weighted by atomic mass is 32.2. The number of nitro groups is 1. The van der Waals surface area contributed by atoms with Gasteiger partial charge in [0.15, 0.2) is 0 Å². The van der Waals surface area contributed by atoms with E-state index < -0.39 is 37.1 Å². The monoisotopic (exact) mass is 246 g/mol. The molecule has 0 bridgehead atoms. The topological polar surface area (TPSA) is 141 Å². The van der Waals surface area contributed by atoms with E-state index in [1.54, 1.807) is 0 Å². The predicted molar refractivity (Wildman–Crippen MR) is 51.4 cm³/mol. The lowest BCUT2D eigenvalue weighted by molar-refractivity contribution is -0.385. The van der Waals surface area contributed by atoms with Crippen molar-refractivity contribution >= 4 is 21.7 Å². The first kappa shape index (κ1) is 12.1. The molecule has 0 aliphatic heterocycles. The van der Waals surface area contributed by atoms with Crippen LogP contribution in [0.5, 0.6) is 0 Å². The number of primary sulfonamides is 1. The normalized spacial score (nSPS) is 11.1. The molecule has 3 N–H and O–H groups in total. The SMILES string of the molecule is NS(=O)(=O)c1cc(C(=O)O)cc([N+](=O)[O-])c1. The summed E-state index contributed by atoms with van der Waals surface area (Å²) < 4.78 is 21.9. The number of sulfonamides is 1. The summed E-state index contributed by atoms with van der Waals surface area (Å²) in [4.78, 5) is 19.5. The number of non-ortho nitro benzene ring substituents is 1. The van der Waals surface area contributed by atoms with Crippen LogP contribution in [0.4, 0.5) is 5.69 Å². The summed E-state index contributed by atoms with van der Waals surface area (Å²) in [5.41, 5.74) is -1.16. The molecule has 0 atom stereocenters. The van der Waals surface area contributed by atoms with Crippen molar-refractivity contribution in [1.82, 2.24) is 0 Å². The summed E-state index contributed by atoms with van der Waals surface area (Å²) in [6, 6.07) is 2.20. The lowest BCUT2D eigenvalue weighted by Crippen LogP contribution is -2.13. The molecule has 0 aromatic heterocycles. The quantitative estimate of drug-likeness (QED) is 0.565. The Bertz CT molecular complexity index is 532. The molecule has 0 saturated heterocycles. The van der Waals surface area contributed by atoms with Gasteiger partial charge in [-0.3, -0.25) is 10.1 Å². The standard InChI is InChI=1S/C7H6N2O6S/c8-16(14,15)6-2-4(7(10)11)1-5(3-6)9(12)13/h1-3H,(H,10,11)(H2,8,14,15). The van der Waals surface area contributed by atoms with Gasteiger partial charge in [0.2, 0.25) is 10.0 Å². The number of nitrogens with zero attached hydrogens (tertiary/aromatic N) is 1. The average Bonchev–Trinajstić information content (AvgIpc) is 2.15. The van der Waals surface area contributed by atoms with Gasteiger partial charge in [-0.05, 0) is 6.07 Å². The number of carboxylic acids is 1. The van der Waals surface area contributed by atoms with Crippen molar-refractivity contribution in [3.8, 4) is 0 Å². The second-order valence-electron chi connectivity index (χ2n) is 2.82. The third kappa shape index (κ3) is 2.52. The van der Waals surface area contributed by atoms with Gasteiger partial charge < -0.3 is 5.11 Å². The maximum atomic E-state index is 10.9. The van der Waals surface area contributed by atoms with E-state index in [0.717, 1.165) is 12.1 Å². The zero-order valence-electron chi connectivity index (χ0n) is 7.65. The molecule has 86 valence electrons. The molecule has 0 unspecified atom stereocenters. The summed E-state index contributed by atoms with van der Waals surface area (Å²) in [5, 5.41) is 23.8. The minimum Gasteiger partial charge on any atom is -0.478 e. The second kappa shape index (κ2) is 3.87. The summed E-state index contributed by atoms with van der Waals surface area (Å²) in [5.74, 6) is -1.48. The molecule has 0 aliphatic carbocycles. The van der Waals surface area contributed by atoms with Crippen LogP contribution in [0.25, 0.3) is 0 Å². The number of nitro benzene ring substituents is 1. The molecule has 9 heteroatoms. The van der Waals surface area contributed by atoms with Crippen LogP contribution >= 0.6 is 0 Å². The molecule has 0 fully saturated rings. The lowest BCUT2D eigenvalue weighted by atomic mass is 10.2. The first-order chi connectivity index (χ1) is 7.21. The van der Waals surface area contributed by atoms with Gasteiger partial charge in [0.05, 0.1) is 15.4 Å². The fourth-order valence-corrected chi connectivity index (χ4v) is 1.55. The molecule has 0 spiro atoms. The van der Waals surface area contributed by atoms with Gasteiger partial charge in [0, 0.05) is 12.1 Å². The molecule has 0 heterocycles. The highest BCUT2D eigenvalue weighted by Crippen LogP contribution is 2.19. The van der Waals surface area contributed by atoms with Crippen LogP contribution in [0.2, 0.25) is 0 Å². The molecule has 16 heavy (non-hydrogen) atoms. The molecule has 1 rings (SSSR count). The first-order valence-corrected chi connectivity index (χ1v) is 5.32. The van der Waals surface area contributed by atoms with Crippen molar-refractivity contribution in [2.45, 2.75) is 4.90 Å². The molecule has 0 amide bonds. The molecule has 0 saturated carbocycles. The van der Waals surface area contributed by atoms with E-state index in [-0.39, 0.29) is 0 Å². The Hall–Kier alpha value is -2.00. The van der Waals surface area contributed by atoms with Gasteiger partial charge >= 0.3 is 5.97 Å². The largest absolute Gasteiger partial charge is 0.478 e. The maximum absolute atomic E-state index is 10.9. The molecule has 0 aliphatic rings. The number of carbonyl (C=O) groups is 1. The van der Waals surface area contributed by atoms with Crippen LogP contribution in [-0.4, -0.2) is 24.4 Å². The van der Waals surface area contributed by atoms with Crippen LogP contribution in [0.1, 0.15) is 10.4 Å². The average molecular weight is 246 g/mol. The second-order valence-corrected chi connectivity index (χ2v) is 4.38. The van der Waals surface area contributed by atoms with Gasteiger partial charge in [0.25, 0.3) is 5.69 Å². The van der Waals surface area contributed by atoms with Crippen molar-refractivity contribution in [2.24, 2.45) is 5.14 Å². The van der Waals surface area contributed by atoms with Gasteiger partial charge in [-0.15, -0.1) is 0 Å². The van der Waals surface area contributed by atoms with Crippen molar-refractivity contribution < 1.29 is 23.2 Å². The number of benzene rings is 1. The van der Waals surface area contributed by atoms with Crippen molar-refractivity contribution in [3.63, 3.8) is 0 Å². The van der Waals surface area contributed by atoms with E-state index in [2.05, 4.69) is 0 Å². The summed E-state index contributed by atoms with van der Waals surface area (Å²) >= 11 is 0. The van der Waals surface area contributed by atoms with Crippen LogP contribution in [0.15, 0.2) is 23.1 Å². The number of hydrogen-bond acceptors (Lipinski definition) is 5. The molecule has 1 aromatic rings. The van der Waals surface area contributed by atoms with Crippen molar-refractivity contribution in [2.75, 3.05) is 0 Å². The van der Waals surface area contributed by atoms with Crippen LogP contribution in [-0.2, 0) is 10.0 Å². The Morgan fingerprint density at radius 3 is 2.31 bits per heavy atom. The molecule has 1 aromatic carbocycles. The van der Waals surface area contributed by atoms with E-state index in [9.17, 15) is 23.3 Å². The van der Waals surface area contributed by atoms with Gasteiger partial charge in [0.1, 0.15) is 0 Å². The summed E-state index contributed by atoms with van der Waals surface area (Å²) in [7, 11) is -4.18. The van der Waals surface area contributed by atoms with Crippen LogP contribution < -0.4 is 5.14 Å². The van der Waals surface area contributed by atoms with Gasteiger partial charge in [-0.2, -0.15) is 0 Å². The highest BCUT2D eigenvalue weighted by molar-refractivity contribution is 7.89. The number of nitrogens with two attached hydrogens (primary N) is 1. The van der Waals surface area contributed by atoms with Gasteiger partial charge in [-0.1, -0.05) is 0 Å². The fraction of sp³-hybridized carbons (Fsp3) is 0. The van der Waals surface area contributed by atoms with Crippen molar-refractivity contribution in [3.05, 3.63) is 33.9 Å². The molecular weight excluding hydrogens is 240 g/mol. The zero-order valence-corrected chi connectivity index (χ0v) is 8.47. The first-order valence-electron chi connectivity index (χ1n) is 3.77. The van der Waals surface area contributed by atoms with E-state index >= 15 is 0 Å². The molecule has 8 nitrogen and oxygen atoms in total. The summed E-state index contributed by atoms with van der Waals surface area (Å²) in [6.45, 7) is 0. The smallest absolute Gasteiger partial charge is 0.335 e. The Morgan fingerprint density at radius 1 is 1.38 bits per heavy atom. The number of carboxylic acid groups (broad SMARTS) is 1. The highest BCUT2D eigenvalue weighted by Gasteiger charge is 2.18. The molecule has 0 radical (unpaired) electrons. The zero-order chi connectivity index (χ0) is 12.5. The van der Waals surface area contributed by atoms with E-state index in [0.29, 0.717) is 6.07 Å². The lowest BCUT2D eigenvalue weighted by Gasteiger charge is -2.00. The third-order valence-electron chi connectivity index (χ3n) is 1.68. The third-order valence-corrected chi connectivity index (χ3v) is 2.57. The Labute approximate surface area is 89.5 Å². The molecular formula is C7H6N2O6S. The number of hydrogen-bond donors (Lipinski definition) is 2. The van der Waals surface area contributed by atoms with Crippen LogP contribution in [0, 0.1) is 10.1 Å². The number of rotatable bonds is 3. The Morgan fingerprint density at radius 2 is 1.94 bits per heavy atom. The minimum atomic E-state index is -4.18. The summed E-state index contributed by atoms with van der Waals surface area (Å²) in [6.07, 6.45) is 0. The number of aromatic carboxylic acids is 1. The van der Waals surface area contributed by atoms with Gasteiger partial charge in [-0.25, -0.2) is 18.4 Å². The van der Waals surface area contributed by atoms with E-state index in [1.165, 1.54) is 0 Å². The fourth-order valence-electron chi connectivity index (χ4n) is 0.976. The van der Waals surface area contributed by atoms with Crippen molar-refractivity contribution in [1.29, 1.82) is 0 Å². The predicted octanol–water partition coefficient (Wildman–Crippen LogP) is -0.0596. The Kier molecular flexibility index (Phi) is 2.92. The van der Waals surface area contributed by atoms with E-state index in [1.807, 2.05) is 0 Å².